The number of carbonyl (C=O) groups is 2. The molecule has 0 aromatic heterocycles. The number of rotatable bonds is 5. The van der Waals surface area contributed by atoms with E-state index in [2.05, 4.69) is 10.6 Å². The Hall–Kier alpha value is -1.10. The summed E-state index contributed by atoms with van der Waals surface area (Å²) in [5.74, 6) is -0.236. The van der Waals surface area contributed by atoms with Crippen LogP contribution in [0.3, 0.4) is 0 Å². The number of hydrogen-bond donors (Lipinski definition) is 3. The van der Waals surface area contributed by atoms with E-state index in [1.54, 1.807) is 0 Å². The zero-order valence-corrected chi connectivity index (χ0v) is 9.14. The molecule has 15 heavy (non-hydrogen) atoms. The third kappa shape index (κ3) is 2.68. The molecule has 4 N–H and O–H groups in total. The van der Waals surface area contributed by atoms with Crippen LogP contribution in [0.25, 0.3) is 0 Å². The lowest BCUT2D eigenvalue weighted by molar-refractivity contribution is -0.136. The minimum absolute atomic E-state index is 0.0500. The summed E-state index contributed by atoms with van der Waals surface area (Å²) in [4.78, 5) is 22.8. The molecule has 5 heteroatoms. The van der Waals surface area contributed by atoms with Crippen LogP contribution in [0.5, 0.6) is 0 Å². The van der Waals surface area contributed by atoms with Crippen molar-refractivity contribution in [1.29, 1.82) is 0 Å². The molecule has 0 aromatic rings. The van der Waals surface area contributed by atoms with Crippen molar-refractivity contribution in [2.45, 2.75) is 26.2 Å². The van der Waals surface area contributed by atoms with E-state index in [9.17, 15) is 9.59 Å². The van der Waals surface area contributed by atoms with Gasteiger partial charge >= 0.3 is 0 Å². The van der Waals surface area contributed by atoms with Crippen LogP contribution in [-0.4, -0.2) is 31.4 Å². The first kappa shape index (κ1) is 12.0. The van der Waals surface area contributed by atoms with Crippen LogP contribution >= 0.6 is 0 Å². The highest BCUT2D eigenvalue weighted by molar-refractivity contribution is 5.88. The van der Waals surface area contributed by atoms with E-state index in [-0.39, 0.29) is 18.4 Å². The summed E-state index contributed by atoms with van der Waals surface area (Å²) < 4.78 is 0. The first-order valence-electron chi connectivity index (χ1n) is 5.39. The van der Waals surface area contributed by atoms with Gasteiger partial charge in [0, 0.05) is 13.1 Å². The molecular formula is C10H19N3O2. The van der Waals surface area contributed by atoms with Crippen LogP contribution in [0, 0.1) is 5.41 Å². The SMILES string of the molecule is CCNC(=O)CNC(=O)C1(CN)CCC1. The summed E-state index contributed by atoms with van der Waals surface area (Å²) in [6.45, 7) is 2.84. The van der Waals surface area contributed by atoms with Crippen LogP contribution in [0.2, 0.25) is 0 Å². The first-order chi connectivity index (χ1) is 7.14. The molecule has 0 unspecified atom stereocenters. The monoisotopic (exact) mass is 213 g/mol. The summed E-state index contributed by atoms with van der Waals surface area (Å²) in [6, 6.07) is 0. The van der Waals surface area contributed by atoms with Gasteiger partial charge in [-0.3, -0.25) is 9.59 Å². The van der Waals surface area contributed by atoms with Crippen LogP contribution < -0.4 is 16.4 Å². The van der Waals surface area contributed by atoms with Crippen molar-refractivity contribution >= 4 is 11.8 Å². The fourth-order valence-electron chi connectivity index (χ4n) is 1.74. The Labute approximate surface area is 89.8 Å². The Morgan fingerprint density at radius 2 is 2.00 bits per heavy atom. The van der Waals surface area contributed by atoms with Crippen LogP contribution in [0.15, 0.2) is 0 Å². The lowest BCUT2D eigenvalue weighted by atomic mass is 9.68. The van der Waals surface area contributed by atoms with Gasteiger partial charge in [0.2, 0.25) is 11.8 Å². The molecule has 86 valence electrons. The van der Waals surface area contributed by atoms with Crippen molar-refractivity contribution in [3.8, 4) is 0 Å². The van der Waals surface area contributed by atoms with E-state index in [0.29, 0.717) is 13.1 Å². The molecule has 0 aliphatic heterocycles. The van der Waals surface area contributed by atoms with Crippen molar-refractivity contribution in [3.63, 3.8) is 0 Å². The predicted molar refractivity (Wildman–Crippen MR) is 57.0 cm³/mol. The molecule has 1 rings (SSSR count). The number of carbonyl (C=O) groups excluding carboxylic acids is 2. The van der Waals surface area contributed by atoms with Gasteiger partial charge in [-0.1, -0.05) is 6.42 Å². The molecule has 0 aromatic carbocycles. The van der Waals surface area contributed by atoms with Gasteiger partial charge in [0.15, 0.2) is 0 Å². The highest BCUT2D eigenvalue weighted by Gasteiger charge is 2.42. The summed E-state index contributed by atoms with van der Waals surface area (Å²) in [5, 5.41) is 5.25. The largest absolute Gasteiger partial charge is 0.355 e. The molecule has 0 spiro atoms. The molecule has 0 bridgehead atoms. The highest BCUT2D eigenvalue weighted by atomic mass is 16.2. The fourth-order valence-corrected chi connectivity index (χ4v) is 1.74. The van der Waals surface area contributed by atoms with Gasteiger partial charge < -0.3 is 16.4 Å². The molecule has 0 atom stereocenters. The Balaban J connectivity index is 2.32. The Morgan fingerprint density at radius 3 is 2.40 bits per heavy atom. The summed E-state index contributed by atoms with van der Waals surface area (Å²) in [5.41, 5.74) is 5.18. The second kappa shape index (κ2) is 5.11. The van der Waals surface area contributed by atoms with E-state index in [1.807, 2.05) is 6.92 Å². The predicted octanol–water partition coefficient (Wildman–Crippen LogP) is -0.632. The van der Waals surface area contributed by atoms with Crippen molar-refractivity contribution in [2.24, 2.45) is 11.1 Å². The van der Waals surface area contributed by atoms with Crippen LogP contribution in [0.1, 0.15) is 26.2 Å². The molecule has 1 aliphatic carbocycles. The second-order valence-electron chi connectivity index (χ2n) is 3.97. The van der Waals surface area contributed by atoms with Gasteiger partial charge in [-0.05, 0) is 19.8 Å². The number of amides is 2. The smallest absolute Gasteiger partial charge is 0.239 e. The van der Waals surface area contributed by atoms with E-state index >= 15 is 0 Å². The zero-order valence-electron chi connectivity index (χ0n) is 9.14. The van der Waals surface area contributed by atoms with E-state index in [0.717, 1.165) is 19.3 Å². The minimum atomic E-state index is -0.396. The maximum absolute atomic E-state index is 11.7. The van der Waals surface area contributed by atoms with Gasteiger partial charge in [-0.25, -0.2) is 0 Å². The third-order valence-corrected chi connectivity index (χ3v) is 2.97. The van der Waals surface area contributed by atoms with Crippen molar-refractivity contribution in [1.82, 2.24) is 10.6 Å². The Bertz CT molecular complexity index is 244. The maximum Gasteiger partial charge on any atom is 0.239 e. The third-order valence-electron chi connectivity index (χ3n) is 2.97. The molecule has 2 amide bonds. The van der Waals surface area contributed by atoms with Gasteiger partial charge in [-0.2, -0.15) is 0 Å². The topological polar surface area (TPSA) is 84.2 Å². The standard InChI is InChI=1S/C10H19N3O2/c1-2-12-8(14)6-13-9(15)10(7-11)4-3-5-10/h2-7,11H2,1H3,(H,12,14)(H,13,15). The normalized spacial score (nSPS) is 17.7. The summed E-state index contributed by atoms with van der Waals surface area (Å²) in [7, 11) is 0. The average Bonchev–Trinajstić information content (AvgIpc) is 2.14. The Kier molecular flexibility index (Phi) is 4.08. The molecule has 5 nitrogen and oxygen atoms in total. The zero-order chi connectivity index (χ0) is 11.3. The lowest BCUT2D eigenvalue weighted by Crippen LogP contribution is -2.52. The second-order valence-corrected chi connectivity index (χ2v) is 3.97. The fraction of sp³-hybridized carbons (Fsp3) is 0.800. The molecule has 0 saturated heterocycles. The van der Waals surface area contributed by atoms with E-state index in [4.69, 9.17) is 5.73 Å². The molecule has 0 heterocycles. The molecule has 0 radical (unpaired) electrons. The quantitative estimate of drug-likeness (QED) is 0.568. The van der Waals surface area contributed by atoms with Gasteiger partial charge in [0.1, 0.15) is 0 Å². The van der Waals surface area contributed by atoms with Gasteiger partial charge in [-0.15, -0.1) is 0 Å². The molecule has 1 fully saturated rings. The van der Waals surface area contributed by atoms with Crippen LogP contribution in [0.4, 0.5) is 0 Å². The van der Waals surface area contributed by atoms with Crippen molar-refractivity contribution in [2.75, 3.05) is 19.6 Å². The maximum atomic E-state index is 11.7. The number of likely N-dealkylation sites (N-methyl/N-ethyl adjacent to an activating group) is 1. The lowest BCUT2D eigenvalue weighted by Gasteiger charge is -2.38. The minimum Gasteiger partial charge on any atom is -0.355 e. The molecule has 1 aliphatic rings. The number of nitrogens with one attached hydrogen (secondary N) is 2. The van der Waals surface area contributed by atoms with Crippen LogP contribution in [-0.2, 0) is 9.59 Å². The van der Waals surface area contributed by atoms with Crippen molar-refractivity contribution < 1.29 is 9.59 Å². The number of hydrogen-bond acceptors (Lipinski definition) is 3. The number of nitrogens with two attached hydrogens (primary N) is 1. The van der Waals surface area contributed by atoms with Gasteiger partial charge in [0.05, 0.1) is 12.0 Å². The highest BCUT2D eigenvalue weighted by Crippen LogP contribution is 2.39. The average molecular weight is 213 g/mol. The molecule has 1 saturated carbocycles. The summed E-state index contributed by atoms with van der Waals surface area (Å²) >= 11 is 0. The Morgan fingerprint density at radius 1 is 1.33 bits per heavy atom. The van der Waals surface area contributed by atoms with E-state index < -0.39 is 5.41 Å². The van der Waals surface area contributed by atoms with E-state index in [1.165, 1.54) is 0 Å². The first-order valence-corrected chi connectivity index (χ1v) is 5.39. The van der Waals surface area contributed by atoms with Crippen molar-refractivity contribution in [3.05, 3.63) is 0 Å². The summed E-state index contributed by atoms with van der Waals surface area (Å²) in [6.07, 6.45) is 2.72. The molecular weight excluding hydrogens is 194 g/mol. The van der Waals surface area contributed by atoms with Gasteiger partial charge in [0.25, 0.3) is 0 Å².